The predicted octanol–water partition coefficient (Wildman–Crippen LogP) is 1.67. The van der Waals surface area contributed by atoms with Crippen molar-refractivity contribution in [3.05, 3.63) is 23.4 Å². The molecule has 20 heavy (non-hydrogen) atoms. The van der Waals surface area contributed by atoms with Gasteiger partial charge in [0.1, 0.15) is 5.82 Å². The first kappa shape index (κ1) is 15.3. The molecule has 4 heteroatoms. The van der Waals surface area contributed by atoms with Crippen molar-refractivity contribution in [2.45, 2.75) is 27.2 Å². The summed E-state index contributed by atoms with van der Waals surface area (Å²) in [5, 5.41) is 0. The largest absolute Gasteiger partial charge is 0.354 e. The van der Waals surface area contributed by atoms with Crippen LogP contribution in [0.4, 0.5) is 5.82 Å². The smallest absolute Gasteiger partial charge is 0.131 e. The van der Waals surface area contributed by atoms with Crippen LogP contribution in [0.3, 0.4) is 0 Å². The zero-order valence-corrected chi connectivity index (χ0v) is 13.1. The molecule has 2 heterocycles. The van der Waals surface area contributed by atoms with E-state index in [1.165, 1.54) is 17.7 Å². The van der Waals surface area contributed by atoms with Crippen LogP contribution in [0.1, 0.15) is 25.0 Å². The van der Waals surface area contributed by atoms with E-state index in [-0.39, 0.29) is 0 Å². The van der Waals surface area contributed by atoms with Crippen molar-refractivity contribution in [1.29, 1.82) is 0 Å². The van der Waals surface area contributed by atoms with Crippen LogP contribution in [-0.4, -0.2) is 49.2 Å². The van der Waals surface area contributed by atoms with E-state index >= 15 is 0 Å². The lowest BCUT2D eigenvalue weighted by Gasteiger charge is -2.36. The van der Waals surface area contributed by atoms with Gasteiger partial charge in [0, 0.05) is 38.9 Å². The van der Waals surface area contributed by atoms with Gasteiger partial charge in [0.05, 0.1) is 0 Å². The highest BCUT2D eigenvalue weighted by molar-refractivity contribution is 5.47. The van der Waals surface area contributed by atoms with Gasteiger partial charge in [-0.25, -0.2) is 4.98 Å². The first-order valence-corrected chi connectivity index (χ1v) is 7.73. The van der Waals surface area contributed by atoms with Crippen LogP contribution in [0.25, 0.3) is 0 Å². The van der Waals surface area contributed by atoms with Crippen molar-refractivity contribution in [2.75, 3.05) is 44.2 Å². The molecule has 0 spiro atoms. The zero-order valence-electron chi connectivity index (χ0n) is 13.1. The highest BCUT2D eigenvalue weighted by atomic mass is 15.3. The Bertz CT molecular complexity index is 422. The van der Waals surface area contributed by atoms with Crippen molar-refractivity contribution in [3.63, 3.8) is 0 Å². The number of aromatic nitrogens is 1. The van der Waals surface area contributed by atoms with Crippen molar-refractivity contribution < 1.29 is 0 Å². The Kier molecular flexibility index (Phi) is 5.38. The Morgan fingerprint density at radius 2 is 1.95 bits per heavy atom. The summed E-state index contributed by atoms with van der Waals surface area (Å²) in [5.41, 5.74) is 8.12. The third-order valence-corrected chi connectivity index (χ3v) is 3.84. The number of rotatable bonds is 5. The molecule has 0 atom stereocenters. The van der Waals surface area contributed by atoms with E-state index in [9.17, 15) is 0 Å². The Morgan fingerprint density at radius 1 is 1.25 bits per heavy atom. The van der Waals surface area contributed by atoms with Gasteiger partial charge in [-0.15, -0.1) is 0 Å². The molecule has 1 aromatic heterocycles. The summed E-state index contributed by atoms with van der Waals surface area (Å²) in [7, 11) is 0. The number of nitrogens with zero attached hydrogens (tertiary/aromatic N) is 3. The summed E-state index contributed by atoms with van der Waals surface area (Å²) in [6.45, 7) is 13.1. The fourth-order valence-electron chi connectivity index (χ4n) is 2.92. The van der Waals surface area contributed by atoms with Crippen LogP contribution < -0.4 is 10.6 Å². The van der Waals surface area contributed by atoms with E-state index in [0.29, 0.717) is 6.54 Å². The number of pyridine rings is 1. The quantitative estimate of drug-likeness (QED) is 0.888. The van der Waals surface area contributed by atoms with Gasteiger partial charge in [0.15, 0.2) is 0 Å². The van der Waals surface area contributed by atoms with Gasteiger partial charge >= 0.3 is 0 Å². The highest BCUT2D eigenvalue weighted by Crippen LogP contribution is 2.20. The lowest BCUT2D eigenvalue weighted by molar-refractivity contribution is 0.231. The zero-order chi connectivity index (χ0) is 14.5. The topological polar surface area (TPSA) is 45.4 Å². The molecule has 0 radical (unpaired) electrons. The summed E-state index contributed by atoms with van der Waals surface area (Å²) >= 11 is 0. The molecule has 1 fully saturated rings. The summed E-state index contributed by atoms with van der Waals surface area (Å²) in [4.78, 5) is 9.63. The average molecular weight is 276 g/mol. The van der Waals surface area contributed by atoms with Crippen LogP contribution in [0.5, 0.6) is 0 Å². The van der Waals surface area contributed by atoms with E-state index in [4.69, 9.17) is 5.73 Å². The molecular formula is C16H28N4. The third kappa shape index (κ3) is 3.93. The fraction of sp³-hybridized carbons (Fsp3) is 0.688. The SMILES string of the molecule is Cc1cc(CCN)cnc1N1CCN(CC(C)C)CC1. The lowest BCUT2D eigenvalue weighted by Crippen LogP contribution is -2.47. The van der Waals surface area contributed by atoms with Gasteiger partial charge in [-0.1, -0.05) is 19.9 Å². The molecule has 0 unspecified atom stereocenters. The summed E-state index contributed by atoms with van der Waals surface area (Å²) in [6.07, 6.45) is 2.89. The number of hydrogen-bond donors (Lipinski definition) is 1. The monoisotopic (exact) mass is 276 g/mol. The van der Waals surface area contributed by atoms with E-state index in [1.807, 2.05) is 6.20 Å². The summed E-state index contributed by atoms with van der Waals surface area (Å²) in [5.74, 6) is 1.90. The number of aryl methyl sites for hydroxylation is 1. The molecule has 0 aliphatic carbocycles. The molecule has 2 rings (SSSR count). The molecular weight excluding hydrogens is 248 g/mol. The van der Waals surface area contributed by atoms with Gasteiger partial charge in [0.2, 0.25) is 0 Å². The maximum atomic E-state index is 5.60. The number of piperazine rings is 1. The van der Waals surface area contributed by atoms with Crippen LogP contribution in [0, 0.1) is 12.8 Å². The van der Waals surface area contributed by atoms with E-state index in [2.05, 4.69) is 41.6 Å². The minimum Gasteiger partial charge on any atom is -0.354 e. The van der Waals surface area contributed by atoms with Gasteiger partial charge in [-0.05, 0) is 36.9 Å². The Morgan fingerprint density at radius 3 is 2.50 bits per heavy atom. The molecule has 0 bridgehead atoms. The minimum atomic E-state index is 0.689. The first-order valence-electron chi connectivity index (χ1n) is 7.73. The molecule has 1 aliphatic rings. The van der Waals surface area contributed by atoms with Crippen LogP contribution in [0.2, 0.25) is 0 Å². The summed E-state index contributed by atoms with van der Waals surface area (Å²) < 4.78 is 0. The Balaban J connectivity index is 1.96. The highest BCUT2D eigenvalue weighted by Gasteiger charge is 2.19. The molecule has 1 aromatic rings. The number of nitrogens with two attached hydrogens (primary N) is 1. The molecule has 0 aromatic carbocycles. The maximum Gasteiger partial charge on any atom is 0.131 e. The maximum absolute atomic E-state index is 5.60. The first-order chi connectivity index (χ1) is 9.60. The predicted molar refractivity (Wildman–Crippen MR) is 85.2 cm³/mol. The molecule has 112 valence electrons. The summed E-state index contributed by atoms with van der Waals surface area (Å²) in [6, 6.07) is 2.23. The molecule has 4 nitrogen and oxygen atoms in total. The van der Waals surface area contributed by atoms with Gasteiger partial charge in [-0.3, -0.25) is 4.90 Å². The molecule has 1 aliphatic heterocycles. The normalized spacial score (nSPS) is 16.9. The van der Waals surface area contributed by atoms with Crippen LogP contribution in [-0.2, 0) is 6.42 Å². The lowest BCUT2D eigenvalue weighted by atomic mass is 10.1. The second kappa shape index (κ2) is 7.04. The van der Waals surface area contributed by atoms with Crippen molar-refractivity contribution in [1.82, 2.24) is 9.88 Å². The third-order valence-electron chi connectivity index (χ3n) is 3.84. The van der Waals surface area contributed by atoms with Crippen molar-refractivity contribution in [3.8, 4) is 0 Å². The van der Waals surface area contributed by atoms with E-state index < -0.39 is 0 Å². The van der Waals surface area contributed by atoms with Crippen LogP contribution in [0.15, 0.2) is 12.3 Å². The van der Waals surface area contributed by atoms with Crippen molar-refractivity contribution in [2.24, 2.45) is 11.7 Å². The van der Waals surface area contributed by atoms with Gasteiger partial charge in [0.25, 0.3) is 0 Å². The fourth-order valence-corrected chi connectivity index (χ4v) is 2.92. The number of hydrogen-bond acceptors (Lipinski definition) is 4. The van der Waals surface area contributed by atoms with Crippen molar-refractivity contribution >= 4 is 5.82 Å². The number of anilines is 1. The minimum absolute atomic E-state index is 0.689. The Labute approximate surface area is 123 Å². The van der Waals surface area contributed by atoms with Crippen LogP contribution >= 0.6 is 0 Å². The van der Waals surface area contributed by atoms with E-state index in [0.717, 1.165) is 44.3 Å². The molecule has 0 amide bonds. The molecule has 1 saturated heterocycles. The van der Waals surface area contributed by atoms with Gasteiger partial charge in [-0.2, -0.15) is 0 Å². The Hall–Kier alpha value is -1.13. The van der Waals surface area contributed by atoms with E-state index in [1.54, 1.807) is 0 Å². The molecule has 0 saturated carbocycles. The molecule has 2 N–H and O–H groups in total. The standard InChI is InChI=1S/C16H28N4/c1-13(2)12-19-6-8-20(9-7-19)16-14(3)10-15(4-5-17)11-18-16/h10-11,13H,4-9,12,17H2,1-3H3. The van der Waals surface area contributed by atoms with Gasteiger partial charge < -0.3 is 10.6 Å². The second-order valence-corrected chi connectivity index (χ2v) is 6.20. The second-order valence-electron chi connectivity index (χ2n) is 6.20. The average Bonchev–Trinajstić information content (AvgIpc) is 2.40.